The number of aromatic nitrogens is 4. The molecule has 1 atom stereocenters. The minimum Gasteiger partial charge on any atom is -0.322 e. The van der Waals surface area contributed by atoms with Gasteiger partial charge in [0.05, 0.1) is 22.9 Å². The molecule has 45 heavy (non-hydrogen) atoms. The van der Waals surface area contributed by atoms with E-state index in [9.17, 15) is 0 Å². The highest BCUT2D eigenvalue weighted by Gasteiger charge is 2.44. The van der Waals surface area contributed by atoms with Gasteiger partial charge in [0.2, 0.25) is 0 Å². The van der Waals surface area contributed by atoms with E-state index in [0.29, 0.717) is 6.04 Å². The summed E-state index contributed by atoms with van der Waals surface area (Å²) in [4.78, 5) is 10.1. The maximum atomic E-state index is 5.13. The van der Waals surface area contributed by atoms with Crippen molar-refractivity contribution in [2.75, 3.05) is 0 Å². The van der Waals surface area contributed by atoms with Gasteiger partial charge in [-0.2, -0.15) is 0 Å². The SMILES string of the molecule is CC1(C)C2=CC=CCC2n2c1cc1c3ccccc3n(-c3cccc(-c4cc(-c5ccccc5)nc(-c5ccccc5)n4)c3)c12. The van der Waals surface area contributed by atoms with Gasteiger partial charge < -0.3 is 4.57 Å². The quantitative estimate of drug-likeness (QED) is 0.208. The predicted octanol–water partition coefficient (Wildman–Crippen LogP) is 10.1. The molecule has 0 fully saturated rings. The number of para-hydroxylation sites is 1. The van der Waals surface area contributed by atoms with Crippen LogP contribution < -0.4 is 0 Å². The van der Waals surface area contributed by atoms with Crippen LogP contribution in [0.4, 0.5) is 0 Å². The molecule has 0 bridgehead atoms. The molecule has 1 unspecified atom stereocenters. The molecule has 0 saturated carbocycles. The summed E-state index contributed by atoms with van der Waals surface area (Å²) in [6.07, 6.45) is 7.89. The van der Waals surface area contributed by atoms with E-state index in [1.165, 1.54) is 33.2 Å². The van der Waals surface area contributed by atoms with Crippen molar-refractivity contribution in [1.29, 1.82) is 0 Å². The summed E-state index contributed by atoms with van der Waals surface area (Å²) in [7, 11) is 0. The lowest BCUT2D eigenvalue weighted by molar-refractivity contribution is 0.589. The van der Waals surface area contributed by atoms with Crippen LogP contribution in [0.15, 0.2) is 145 Å². The molecule has 1 aliphatic heterocycles. The molecule has 4 nitrogen and oxygen atoms in total. The first-order valence-electron chi connectivity index (χ1n) is 15.7. The van der Waals surface area contributed by atoms with Crippen molar-refractivity contribution in [1.82, 2.24) is 19.1 Å². The van der Waals surface area contributed by atoms with Crippen molar-refractivity contribution < 1.29 is 0 Å². The van der Waals surface area contributed by atoms with E-state index < -0.39 is 0 Å². The Morgan fingerprint density at radius 2 is 1.36 bits per heavy atom. The topological polar surface area (TPSA) is 35.6 Å². The lowest BCUT2D eigenvalue weighted by Crippen LogP contribution is -2.17. The standard InChI is InChI=1S/C41H32N4/c1-41(2)33-21-10-12-23-37(33)45-38(41)25-32-31-20-9-11-22-36(31)44(40(32)45)30-19-13-18-29(24-30)35-26-34(27-14-5-3-6-15-27)42-39(43-35)28-16-7-4-8-17-28/h3-22,24-26,37H,23H2,1-2H3. The minimum absolute atomic E-state index is 0.0230. The van der Waals surface area contributed by atoms with E-state index in [1.807, 2.05) is 24.3 Å². The van der Waals surface area contributed by atoms with Crippen molar-refractivity contribution in [3.8, 4) is 39.6 Å². The zero-order chi connectivity index (χ0) is 30.1. The van der Waals surface area contributed by atoms with Crippen molar-refractivity contribution >= 4 is 21.9 Å². The summed E-state index contributed by atoms with van der Waals surface area (Å²) >= 11 is 0. The lowest BCUT2D eigenvalue weighted by Gasteiger charge is -2.24. The summed E-state index contributed by atoms with van der Waals surface area (Å²) in [5.41, 5.74) is 11.4. The molecule has 0 saturated heterocycles. The van der Waals surface area contributed by atoms with Gasteiger partial charge in [0.15, 0.2) is 5.82 Å². The Morgan fingerprint density at radius 1 is 0.667 bits per heavy atom. The highest BCUT2D eigenvalue weighted by molar-refractivity contribution is 6.09. The fourth-order valence-electron chi connectivity index (χ4n) is 7.52. The molecule has 1 aliphatic carbocycles. The molecule has 9 rings (SSSR count). The number of hydrogen-bond acceptors (Lipinski definition) is 2. The monoisotopic (exact) mass is 580 g/mol. The van der Waals surface area contributed by atoms with Gasteiger partial charge >= 0.3 is 0 Å². The molecule has 2 aliphatic rings. The average molecular weight is 581 g/mol. The predicted molar refractivity (Wildman–Crippen MR) is 185 cm³/mol. The number of hydrogen-bond donors (Lipinski definition) is 0. The fraction of sp³-hybridized carbons (Fsp3) is 0.122. The van der Waals surface area contributed by atoms with Gasteiger partial charge in [0, 0.05) is 44.3 Å². The number of nitrogens with zero attached hydrogens (tertiary/aromatic N) is 4. The van der Waals surface area contributed by atoms with Gasteiger partial charge in [0.1, 0.15) is 5.65 Å². The van der Waals surface area contributed by atoms with Crippen LogP contribution in [0.5, 0.6) is 0 Å². The maximum absolute atomic E-state index is 5.13. The normalized spacial score (nSPS) is 16.6. The zero-order valence-electron chi connectivity index (χ0n) is 25.4. The van der Waals surface area contributed by atoms with Gasteiger partial charge in [-0.1, -0.05) is 123 Å². The lowest BCUT2D eigenvalue weighted by atomic mass is 9.79. The molecule has 0 N–H and O–H groups in total. The maximum Gasteiger partial charge on any atom is 0.160 e. The fourth-order valence-corrected chi connectivity index (χ4v) is 7.52. The summed E-state index contributed by atoms with van der Waals surface area (Å²) in [6.45, 7) is 4.75. The summed E-state index contributed by atoms with van der Waals surface area (Å²) < 4.78 is 5.08. The first-order chi connectivity index (χ1) is 22.1. The second-order valence-electron chi connectivity index (χ2n) is 12.7. The van der Waals surface area contributed by atoms with Gasteiger partial charge in [0.25, 0.3) is 0 Å². The summed E-state index contributed by atoms with van der Waals surface area (Å²) in [5, 5.41) is 2.60. The zero-order valence-corrected chi connectivity index (χ0v) is 25.4. The molecule has 4 aromatic carbocycles. The third kappa shape index (κ3) is 3.92. The number of rotatable bonds is 4. The Balaban J connectivity index is 1.27. The molecule has 7 aromatic rings. The molecule has 0 spiro atoms. The van der Waals surface area contributed by atoms with E-state index in [1.54, 1.807) is 0 Å². The van der Waals surface area contributed by atoms with Gasteiger partial charge in [-0.25, -0.2) is 9.97 Å². The highest BCUT2D eigenvalue weighted by atomic mass is 15.2. The second-order valence-corrected chi connectivity index (χ2v) is 12.7. The summed E-state index contributed by atoms with van der Waals surface area (Å²) in [6, 6.07) is 43.2. The Morgan fingerprint density at radius 3 is 2.16 bits per heavy atom. The number of benzene rings is 4. The van der Waals surface area contributed by atoms with E-state index in [-0.39, 0.29) is 5.41 Å². The Labute approximate surface area is 262 Å². The first kappa shape index (κ1) is 26.0. The molecule has 0 radical (unpaired) electrons. The summed E-state index contributed by atoms with van der Waals surface area (Å²) in [5.74, 6) is 0.725. The molecule has 0 amide bonds. The molecule has 4 heterocycles. The largest absolute Gasteiger partial charge is 0.322 e. The van der Waals surface area contributed by atoms with Crippen LogP contribution in [0.3, 0.4) is 0 Å². The van der Waals surface area contributed by atoms with Crippen LogP contribution in [0.2, 0.25) is 0 Å². The Hall–Kier alpha value is -5.48. The van der Waals surface area contributed by atoms with Crippen molar-refractivity contribution in [2.45, 2.75) is 31.7 Å². The molecule has 3 aromatic heterocycles. The van der Waals surface area contributed by atoms with E-state index >= 15 is 0 Å². The molecular formula is C41H32N4. The van der Waals surface area contributed by atoms with E-state index in [4.69, 9.17) is 9.97 Å². The second kappa shape index (κ2) is 9.76. The third-order valence-corrected chi connectivity index (χ3v) is 9.69. The smallest absolute Gasteiger partial charge is 0.160 e. The van der Waals surface area contributed by atoms with Crippen LogP contribution in [-0.2, 0) is 5.41 Å². The van der Waals surface area contributed by atoms with Crippen molar-refractivity contribution in [3.63, 3.8) is 0 Å². The van der Waals surface area contributed by atoms with Crippen LogP contribution in [0.25, 0.3) is 61.5 Å². The Bertz CT molecular complexity index is 2260. The van der Waals surface area contributed by atoms with Crippen LogP contribution >= 0.6 is 0 Å². The van der Waals surface area contributed by atoms with Crippen LogP contribution in [0.1, 0.15) is 32.0 Å². The van der Waals surface area contributed by atoms with Crippen LogP contribution in [0, 0.1) is 0 Å². The third-order valence-electron chi connectivity index (χ3n) is 9.69. The minimum atomic E-state index is -0.0230. The molecule has 216 valence electrons. The van der Waals surface area contributed by atoms with E-state index in [0.717, 1.165) is 46.0 Å². The number of fused-ring (bicyclic) bond motifs is 7. The van der Waals surface area contributed by atoms with Crippen LogP contribution in [-0.4, -0.2) is 19.1 Å². The first-order valence-corrected chi connectivity index (χ1v) is 15.7. The van der Waals surface area contributed by atoms with Gasteiger partial charge in [-0.05, 0) is 42.3 Å². The van der Waals surface area contributed by atoms with Crippen molar-refractivity contribution in [3.05, 3.63) is 151 Å². The Kier molecular flexibility index (Phi) is 5.63. The molecule has 4 heteroatoms. The van der Waals surface area contributed by atoms with Gasteiger partial charge in [-0.15, -0.1) is 0 Å². The number of allylic oxidation sites excluding steroid dienone is 4. The van der Waals surface area contributed by atoms with E-state index in [2.05, 4.69) is 138 Å². The molecular weight excluding hydrogens is 548 g/mol. The average Bonchev–Trinajstić information content (AvgIpc) is 3.71. The van der Waals surface area contributed by atoms with Crippen molar-refractivity contribution in [2.24, 2.45) is 0 Å². The highest BCUT2D eigenvalue weighted by Crippen LogP contribution is 2.52. The van der Waals surface area contributed by atoms with Gasteiger partial charge in [-0.3, -0.25) is 4.57 Å².